The maximum atomic E-state index is 13.1. The number of hydrogen-bond donors (Lipinski definition) is 3. The van der Waals surface area contributed by atoms with E-state index >= 15 is 0 Å². The summed E-state index contributed by atoms with van der Waals surface area (Å²) in [4.78, 5) is 12.2. The van der Waals surface area contributed by atoms with Crippen LogP contribution in [0.15, 0.2) is 22.1 Å². The Balaban J connectivity index is 2.00. The highest BCUT2D eigenvalue weighted by Gasteiger charge is 2.33. The topological polar surface area (TPSA) is 128 Å². The standard InChI is InChI=1S/C26H37Cl2F3N6O2S/c1-3-4-5-6-7-8-9-10-11-12-13-14-20(38)34-35-24(32)21-23(40(2)39)25(33)37(36-21)22-18(27)15-17(16-19(22)28)26(29,30)31/h15-16H,3-14,33H2,1-2H3,(H2,32,35)(H,34,38). The Morgan fingerprint density at radius 2 is 1.52 bits per heavy atom. The number of aromatic nitrogens is 2. The highest BCUT2D eigenvalue weighted by molar-refractivity contribution is 7.84. The Kier molecular flexibility index (Phi) is 13.7. The van der Waals surface area contributed by atoms with Gasteiger partial charge in [-0.25, -0.2) is 10.1 Å². The summed E-state index contributed by atoms with van der Waals surface area (Å²) in [6.45, 7) is 2.21. The number of nitrogens with one attached hydrogen (secondary N) is 1. The molecule has 2 rings (SSSR count). The van der Waals surface area contributed by atoms with Crippen molar-refractivity contribution in [3.05, 3.63) is 33.4 Å². The van der Waals surface area contributed by atoms with E-state index in [1.165, 1.54) is 51.2 Å². The molecule has 40 heavy (non-hydrogen) atoms. The SMILES string of the molecule is CCCCCCCCCCCCCC(=O)NN=C(N)c1nn(-c2c(Cl)cc(C(F)(F)F)cc2Cl)c(N)c1S(C)=O. The number of alkyl halides is 3. The molecule has 8 nitrogen and oxygen atoms in total. The van der Waals surface area contributed by atoms with Gasteiger partial charge < -0.3 is 11.5 Å². The number of carbonyl (C=O) groups is 1. The highest BCUT2D eigenvalue weighted by Crippen LogP contribution is 2.39. The van der Waals surface area contributed by atoms with Crippen LogP contribution in [0.2, 0.25) is 10.0 Å². The lowest BCUT2D eigenvalue weighted by molar-refractivity contribution is -0.137. The molecule has 224 valence electrons. The van der Waals surface area contributed by atoms with Gasteiger partial charge in [0.15, 0.2) is 5.84 Å². The number of nitrogens with zero attached hydrogens (tertiary/aromatic N) is 3. The van der Waals surface area contributed by atoms with Crippen molar-refractivity contribution in [2.75, 3.05) is 12.0 Å². The second kappa shape index (κ2) is 16.2. The van der Waals surface area contributed by atoms with Gasteiger partial charge in [0.25, 0.3) is 0 Å². The van der Waals surface area contributed by atoms with Crippen LogP contribution in [0.1, 0.15) is 95.2 Å². The van der Waals surface area contributed by atoms with E-state index in [2.05, 4.69) is 22.5 Å². The average molecular weight is 626 g/mol. The van der Waals surface area contributed by atoms with Crippen molar-refractivity contribution in [2.45, 2.75) is 95.0 Å². The monoisotopic (exact) mass is 624 g/mol. The summed E-state index contributed by atoms with van der Waals surface area (Å²) >= 11 is 12.2. The third-order valence-corrected chi connectivity index (χ3v) is 7.82. The van der Waals surface area contributed by atoms with Gasteiger partial charge in [-0.05, 0) is 18.6 Å². The van der Waals surface area contributed by atoms with E-state index in [0.29, 0.717) is 18.6 Å². The van der Waals surface area contributed by atoms with E-state index in [0.717, 1.165) is 23.9 Å². The zero-order valence-electron chi connectivity index (χ0n) is 22.8. The molecule has 0 radical (unpaired) electrons. The molecule has 1 amide bonds. The van der Waals surface area contributed by atoms with Gasteiger partial charge in [0.1, 0.15) is 22.1 Å². The second-order valence-electron chi connectivity index (χ2n) is 9.53. The van der Waals surface area contributed by atoms with Gasteiger partial charge in [0.2, 0.25) is 5.91 Å². The van der Waals surface area contributed by atoms with Crippen LogP contribution in [0.5, 0.6) is 0 Å². The van der Waals surface area contributed by atoms with E-state index in [4.69, 9.17) is 34.7 Å². The molecule has 1 heterocycles. The van der Waals surface area contributed by atoms with Crippen molar-refractivity contribution in [2.24, 2.45) is 10.8 Å². The molecular formula is C26H37Cl2F3N6O2S. The smallest absolute Gasteiger partial charge is 0.383 e. The Labute approximate surface area is 245 Å². The van der Waals surface area contributed by atoms with E-state index in [9.17, 15) is 22.2 Å². The first kappa shape index (κ1) is 33.9. The Morgan fingerprint density at radius 1 is 1.02 bits per heavy atom. The number of halogens is 5. The minimum atomic E-state index is -4.68. The predicted octanol–water partition coefficient (Wildman–Crippen LogP) is 6.96. The fourth-order valence-electron chi connectivity index (χ4n) is 4.15. The van der Waals surface area contributed by atoms with Gasteiger partial charge >= 0.3 is 6.18 Å². The maximum absolute atomic E-state index is 13.1. The number of hydrogen-bond acceptors (Lipinski definition) is 5. The molecule has 1 atom stereocenters. The molecule has 0 saturated carbocycles. The molecular weight excluding hydrogens is 588 g/mol. The number of carbonyl (C=O) groups excluding carboxylic acids is 1. The number of anilines is 1. The van der Waals surface area contributed by atoms with E-state index in [1.807, 2.05) is 0 Å². The Morgan fingerprint density at radius 3 is 2.00 bits per heavy atom. The summed E-state index contributed by atoms with van der Waals surface area (Å²) in [5.41, 5.74) is 13.2. The van der Waals surface area contributed by atoms with Crippen molar-refractivity contribution in [3.63, 3.8) is 0 Å². The van der Waals surface area contributed by atoms with Gasteiger partial charge in [-0.15, -0.1) is 0 Å². The number of rotatable bonds is 16. The summed E-state index contributed by atoms with van der Waals surface area (Å²) in [6, 6.07) is 1.36. The van der Waals surface area contributed by atoms with Crippen LogP contribution in [-0.4, -0.2) is 32.0 Å². The number of nitrogens with two attached hydrogens (primary N) is 2. The summed E-state index contributed by atoms with van der Waals surface area (Å²) in [7, 11) is -1.73. The van der Waals surface area contributed by atoms with Gasteiger partial charge in [-0.2, -0.15) is 23.4 Å². The van der Waals surface area contributed by atoms with Crippen molar-refractivity contribution in [1.82, 2.24) is 15.2 Å². The number of amidine groups is 1. The molecule has 0 aliphatic carbocycles. The number of benzene rings is 1. The first-order valence-corrected chi connectivity index (χ1v) is 15.6. The van der Waals surface area contributed by atoms with Crippen LogP contribution < -0.4 is 16.9 Å². The molecule has 14 heteroatoms. The third-order valence-electron chi connectivity index (χ3n) is 6.27. The summed E-state index contributed by atoms with van der Waals surface area (Å²) < 4.78 is 52.7. The molecule has 0 aliphatic heterocycles. The van der Waals surface area contributed by atoms with Gasteiger partial charge in [0.05, 0.1) is 26.4 Å². The Hall–Kier alpha value is -2.31. The molecule has 0 fully saturated rings. The molecule has 0 spiro atoms. The largest absolute Gasteiger partial charge is 0.416 e. The lowest BCUT2D eigenvalue weighted by Gasteiger charge is -2.13. The van der Waals surface area contributed by atoms with Crippen molar-refractivity contribution < 1.29 is 22.2 Å². The number of amides is 1. The average Bonchev–Trinajstić information content (AvgIpc) is 3.21. The predicted molar refractivity (Wildman–Crippen MR) is 155 cm³/mol. The first-order valence-electron chi connectivity index (χ1n) is 13.3. The molecule has 1 unspecified atom stereocenters. The lowest BCUT2D eigenvalue weighted by atomic mass is 10.1. The minimum absolute atomic E-state index is 0.0344. The molecule has 2 aromatic rings. The van der Waals surface area contributed by atoms with E-state index in [-0.39, 0.29) is 50.3 Å². The van der Waals surface area contributed by atoms with Crippen LogP contribution in [0.4, 0.5) is 19.0 Å². The van der Waals surface area contributed by atoms with Crippen molar-refractivity contribution in [3.8, 4) is 5.69 Å². The number of hydrazone groups is 1. The zero-order valence-corrected chi connectivity index (χ0v) is 25.1. The second-order valence-corrected chi connectivity index (χ2v) is 11.7. The molecule has 0 saturated heterocycles. The van der Waals surface area contributed by atoms with E-state index in [1.54, 1.807) is 0 Å². The highest BCUT2D eigenvalue weighted by atomic mass is 35.5. The molecule has 0 bridgehead atoms. The molecule has 1 aromatic heterocycles. The number of nitrogen functional groups attached to an aromatic ring is 1. The van der Waals surface area contributed by atoms with Crippen molar-refractivity contribution >= 4 is 51.6 Å². The quantitative estimate of drug-likeness (QED) is 0.0805. The first-order chi connectivity index (χ1) is 18.9. The van der Waals surface area contributed by atoms with Gasteiger partial charge in [0, 0.05) is 12.7 Å². The third kappa shape index (κ3) is 9.95. The van der Waals surface area contributed by atoms with Gasteiger partial charge in [-0.1, -0.05) is 94.3 Å². The van der Waals surface area contributed by atoms with Crippen LogP contribution in [0, 0.1) is 0 Å². The lowest BCUT2D eigenvalue weighted by Crippen LogP contribution is -2.25. The van der Waals surface area contributed by atoms with Crippen LogP contribution in [0.3, 0.4) is 0 Å². The van der Waals surface area contributed by atoms with Crippen LogP contribution >= 0.6 is 23.2 Å². The van der Waals surface area contributed by atoms with Crippen molar-refractivity contribution in [1.29, 1.82) is 0 Å². The molecule has 5 N–H and O–H groups in total. The molecule has 0 aliphatic rings. The normalized spacial score (nSPS) is 13.0. The Bertz CT molecular complexity index is 1180. The number of unbranched alkanes of at least 4 members (excludes halogenated alkanes) is 10. The van der Waals surface area contributed by atoms with Gasteiger partial charge in [-0.3, -0.25) is 9.00 Å². The van der Waals surface area contributed by atoms with Crippen LogP contribution in [-0.2, 0) is 21.8 Å². The summed E-state index contributed by atoms with van der Waals surface area (Å²) in [6.07, 6.45) is 9.65. The molecule has 1 aromatic carbocycles. The summed E-state index contributed by atoms with van der Waals surface area (Å²) in [5.74, 6) is -0.841. The van der Waals surface area contributed by atoms with Crippen LogP contribution in [0.25, 0.3) is 5.69 Å². The summed E-state index contributed by atoms with van der Waals surface area (Å²) in [5, 5.41) is 7.26. The zero-order chi connectivity index (χ0) is 29.9. The van der Waals surface area contributed by atoms with E-state index < -0.39 is 22.5 Å². The fourth-order valence-corrected chi connectivity index (χ4v) is 5.60. The fraction of sp³-hybridized carbons (Fsp3) is 0.577. The minimum Gasteiger partial charge on any atom is -0.383 e. The maximum Gasteiger partial charge on any atom is 0.416 e.